The number of benzene rings is 4. The van der Waals surface area contributed by atoms with E-state index in [0.29, 0.717) is 16.8 Å². The van der Waals surface area contributed by atoms with Crippen molar-refractivity contribution in [2.24, 2.45) is 5.92 Å². The lowest BCUT2D eigenvalue weighted by atomic mass is 9.64. The smallest absolute Gasteiger partial charge is 0.238 e. The van der Waals surface area contributed by atoms with Gasteiger partial charge in [-0.25, -0.2) is 0 Å². The monoisotopic (exact) mass is 510 g/mol. The Labute approximate surface area is 226 Å². The topological polar surface area (TPSA) is 66.5 Å². The summed E-state index contributed by atoms with van der Waals surface area (Å²) in [7, 11) is 0. The predicted octanol–water partition coefficient (Wildman–Crippen LogP) is 5.85. The van der Waals surface area contributed by atoms with E-state index in [1.807, 2.05) is 96.8 Å². The molecule has 4 atom stereocenters. The highest BCUT2D eigenvalue weighted by Gasteiger charge is 2.70. The second-order valence-electron chi connectivity index (χ2n) is 10.5. The number of rotatable bonds is 4. The van der Waals surface area contributed by atoms with Crippen LogP contribution in [-0.2, 0) is 10.2 Å². The van der Waals surface area contributed by atoms with E-state index in [2.05, 4.69) is 11.4 Å². The summed E-state index contributed by atoms with van der Waals surface area (Å²) < 4.78 is 0. The van der Waals surface area contributed by atoms with Gasteiger partial charge in [-0.15, -0.1) is 0 Å². The van der Waals surface area contributed by atoms with Gasteiger partial charge in [0.1, 0.15) is 11.5 Å². The van der Waals surface area contributed by atoms with Crippen LogP contribution >= 0.6 is 0 Å². The number of para-hydroxylation sites is 1. The highest BCUT2D eigenvalue weighted by molar-refractivity contribution is 6.18. The molecule has 0 bridgehead atoms. The van der Waals surface area contributed by atoms with Gasteiger partial charge in [0.15, 0.2) is 11.6 Å². The summed E-state index contributed by atoms with van der Waals surface area (Å²) in [5.74, 6) is -1.60. The summed E-state index contributed by atoms with van der Waals surface area (Å²) in [6.07, 6.45) is 4.03. The third kappa shape index (κ3) is 3.23. The highest BCUT2D eigenvalue weighted by Crippen LogP contribution is 2.58. The molecule has 0 radical (unpaired) electrons. The van der Waals surface area contributed by atoms with Crippen molar-refractivity contribution in [3.63, 3.8) is 0 Å². The molecule has 0 aromatic heterocycles. The van der Waals surface area contributed by atoms with Gasteiger partial charge in [-0.2, -0.15) is 0 Å². The Kier molecular flexibility index (Phi) is 5.17. The number of aryl methyl sites for hydroxylation is 1. The number of nitrogens with one attached hydrogen (secondary N) is 1. The van der Waals surface area contributed by atoms with E-state index in [4.69, 9.17) is 0 Å². The molecule has 190 valence electrons. The Balaban J connectivity index is 1.55. The standard InChI is InChI=1S/C34H26N2O3/c1-21-16-18-27-24(20-21)17-19-28-34(25-14-8-9-15-26(25)35-33(34)39)29(31(37)22-10-4-2-5-11-22)30(36(27)28)32(38)23-12-6-3-7-13-23/h2-20,28-30H,1H3,(H,35,39). The van der Waals surface area contributed by atoms with E-state index in [1.54, 1.807) is 24.3 Å². The second kappa shape index (κ2) is 8.63. The SMILES string of the molecule is Cc1ccc2c(c1)C=CC1N2C(C(=O)c2ccccc2)C(C(=O)c2ccccc2)C12C(=O)Nc1ccccc12. The van der Waals surface area contributed by atoms with Crippen LogP contribution < -0.4 is 10.2 Å². The number of anilines is 2. The van der Waals surface area contributed by atoms with Crippen LogP contribution in [0.25, 0.3) is 6.08 Å². The van der Waals surface area contributed by atoms with E-state index in [0.717, 1.165) is 22.4 Å². The number of ketones is 2. The summed E-state index contributed by atoms with van der Waals surface area (Å²) >= 11 is 0. The van der Waals surface area contributed by atoms with E-state index in [9.17, 15) is 14.4 Å². The van der Waals surface area contributed by atoms with Crippen molar-refractivity contribution in [3.8, 4) is 0 Å². The zero-order chi connectivity index (χ0) is 26.7. The third-order valence-electron chi connectivity index (χ3n) is 8.46. The average molecular weight is 511 g/mol. The van der Waals surface area contributed by atoms with Gasteiger partial charge in [-0.3, -0.25) is 14.4 Å². The predicted molar refractivity (Wildman–Crippen MR) is 152 cm³/mol. The van der Waals surface area contributed by atoms with Crippen molar-refractivity contribution in [1.82, 2.24) is 0 Å². The molecule has 39 heavy (non-hydrogen) atoms. The molecule has 5 heteroatoms. The zero-order valence-electron chi connectivity index (χ0n) is 21.4. The number of fused-ring (bicyclic) bond motifs is 6. The molecule has 4 aromatic carbocycles. The van der Waals surface area contributed by atoms with Gasteiger partial charge >= 0.3 is 0 Å². The van der Waals surface area contributed by atoms with E-state index in [1.165, 1.54) is 0 Å². The molecule has 0 saturated carbocycles. The molecule has 1 spiro atoms. The van der Waals surface area contributed by atoms with Gasteiger partial charge in [0.05, 0.1) is 12.0 Å². The van der Waals surface area contributed by atoms with Crippen LogP contribution in [-0.4, -0.2) is 29.6 Å². The Morgan fingerprint density at radius 1 is 0.795 bits per heavy atom. The minimum Gasteiger partial charge on any atom is -0.352 e. The van der Waals surface area contributed by atoms with Crippen LogP contribution in [0.15, 0.2) is 109 Å². The van der Waals surface area contributed by atoms with Gasteiger partial charge in [-0.05, 0) is 36.2 Å². The minimum atomic E-state index is -1.29. The molecule has 4 aromatic rings. The van der Waals surface area contributed by atoms with Crippen LogP contribution in [0.5, 0.6) is 0 Å². The number of carbonyl (C=O) groups is 3. The Morgan fingerprint density at radius 3 is 2.15 bits per heavy atom. The van der Waals surface area contributed by atoms with Crippen LogP contribution in [0.2, 0.25) is 0 Å². The highest BCUT2D eigenvalue weighted by atomic mass is 16.2. The summed E-state index contributed by atoms with van der Waals surface area (Å²) in [6, 6.07) is 30.3. The number of amides is 1. The number of nitrogens with zero attached hydrogens (tertiary/aromatic N) is 1. The van der Waals surface area contributed by atoms with Crippen molar-refractivity contribution in [2.75, 3.05) is 10.2 Å². The van der Waals surface area contributed by atoms with Crippen LogP contribution in [0.4, 0.5) is 11.4 Å². The lowest BCUT2D eigenvalue weighted by molar-refractivity contribution is -0.121. The summed E-state index contributed by atoms with van der Waals surface area (Å²) in [4.78, 5) is 45.5. The second-order valence-corrected chi connectivity index (χ2v) is 10.5. The first-order valence-corrected chi connectivity index (χ1v) is 13.2. The fourth-order valence-electron chi connectivity index (χ4n) is 6.85. The lowest BCUT2D eigenvalue weighted by Gasteiger charge is -2.37. The van der Waals surface area contributed by atoms with Gasteiger partial charge in [-0.1, -0.05) is 103 Å². The first-order chi connectivity index (χ1) is 19.0. The van der Waals surface area contributed by atoms with Gasteiger partial charge < -0.3 is 10.2 Å². The molecule has 3 heterocycles. The maximum atomic E-state index is 14.6. The molecule has 5 nitrogen and oxygen atoms in total. The van der Waals surface area contributed by atoms with Crippen molar-refractivity contribution >= 4 is 34.9 Å². The molecule has 3 aliphatic rings. The van der Waals surface area contributed by atoms with Gasteiger partial charge in [0, 0.05) is 22.5 Å². The average Bonchev–Trinajstić information content (AvgIpc) is 3.45. The minimum absolute atomic E-state index is 0.175. The maximum Gasteiger partial charge on any atom is 0.238 e. The molecular weight excluding hydrogens is 484 g/mol. The normalized spacial score (nSPS) is 24.2. The third-order valence-corrected chi connectivity index (χ3v) is 8.46. The quantitative estimate of drug-likeness (QED) is 0.350. The number of hydrogen-bond donors (Lipinski definition) is 1. The van der Waals surface area contributed by atoms with Crippen LogP contribution in [0, 0.1) is 12.8 Å². The molecule has 7 rings (SSSR count). The van der Waals surface area contributed by atoms with Gasteiger partial charge in [0.25, 0.3) is 0 Å². The van der Waals surface area contributed by atoms with Crippen molar-refractivity contribution in [1.29, 1.82) is 0 Å². The Bertz CT molecular complexity index is 1680. The molecule has 1 saturated heterocycles. The fourth-order valence-corrected chi connectivity index (χ4v) is 6.85. The van der Waals surface area contributed by atoms with E-state index < -0.39 is 23.4 Å². The van der Waals surface area contributed by atoms with Crippen molar-refractivity contribution < 1.29 is 14.4 Å². The molecule has 1 amide bonds. The fraction of sp³-hybridized carbons (Fsp3) is 0.147. The summed E-state index contributed by atoms with van der Waals surface area (Å²) in [5, 5.41) is 3.07. The number of hydrogen-bond acceptors (Lipinski definition) is 4. The van der Waals surface area contributed by atoms with Crippen LogP contribution in [0.3, 0.4) is 0 Å². The molecule has 1 N–H and O–H groups in total. The van der Waals surface area contributed by atoms with E-state index in [-0.39, 0.29) is 17.5 Å². The summed E-state index contributed by atoms with van der Waals surface area (Å²) in [5.41, 5.74) is 4.05. The maximum absolute atomic E-state index is 14.6. The zero-order valence-corrected chi connectivity index (χ0v) is 21.4. The number of Topliss-reactive ketones (excluding diaryl/α,β-unsaturated/α-hetero) is 2. The summed E-state index contributed by atoms with van der Waals surface area (Å²) in [6.45, 7) is 2.03. The van der Waals surface area contributed by atoms with Gasteiger partial charge in [0.2, 0.25) is 5.91 Å². The van der Waals surface area contributed by atoms with Crippen molar-refractivity contribution in [3.05, 3.63) is 137 Å². The molecule has 3 aliphatic heterocycles. The molecular formula is C34H26N2O3. The molecule has 0 aliphatic carbocycles. The lowest BCUT2D eigenvalue weighted by Crippen LogP contribution is -2.51. The van der Waals surface area contributed by atoms with Crippen LogP contribution in [0.1, 0.15) is 37.4 Å². The number of carbonyl (C=O) groups excluding carboxylic acids is 3. The van der Waals surface area contributed by atoms with Crippen molar-refractivity contribution in [2.45, 2.75) is 24.4 Å². The van der Waals surface area contributed by atoms with E-state index >= 15 is 0 Å². The Hall–Kier alpha value is -4.77. The first kappa shape index (κ1) is 23.4. The first-order valence-electron chi connectivity index (χ1n) is 13.2. The molecule has 1 fully saturated rings. The molecule has 4 unspecified atom stereocenters. The largest absolute Gasteiger partial charge is 0.352 e. The Morgan fingerprint density at radius 2 is 1.44 bits per heavy atom.